The van der Waals surface area contributed by atoms with Gasteiger partial charge in [0.05, 0.1) is 56.9 Å². The summed E-state index contributed by atoms with van der Waals surface area (Å²) in [5, 5.41) is 15.9. The van der Waals surface area contributed by atoms with Gasteiger partial charge in [0.1, 0.15) is 0 Å². The first-order valence-electron chi connectivity index (χ1n) is 18.2. The van der Waals surface area contributed by atoms with Gasteiger partial charge in [-0.25, -0.2) is 0 Å². The summed E-state index contributed by atoms with van der Waals surface area (Å²) in [5.41, 5.74) is 20.2. The van der Waals surface area contributed by atoms with Crippen molar-refractivity contribution in [3.05, 3.63) is 206 Å². The third-order valence-electron chi connectivity index (χ3n) is 9.90. The molecule has 7 nitrogen and oxygen atoms in total. The van der Waals surface area contributed by atoms with Crippen LogP contribution in [0.1, 0.15) is 0 Å². The van der Waals surface area contributed by atoms with Crippen molar-refractivity contribution in [1.29, 1.82) is 10.8 Å². The van der Waals surface area contributed by atoms with E-state index < -0.39 is 0 Å². The molecule has 3 aliphatic rings. The topological polar surface area (TPSA) is 86.7 Å². The highest BCUT2D eigenvalue weighted by atomic mass is 15.3. The normalized spacial score (nSPS) is 13.9. The third-order valence-corrected chi connectivity index (χ3v) is 9.90. The molecule has 7 aromatic carbocycles. The maximum atomic E-state index is 8.10. The molecular weight excluding hydrogens is 675 g/mol. The van der Waals surface area contributed by atoms with Crippen LogP contribution in [0.5, 0.6) is 0 Å². The second-order valence-corrected chi connectivity index (χ2v) is 13.3. The second-order valence-electron chi connectivity index (χ2n) is 13.3. The number of hydrogen-bond acceptors (Lipinski definition) is 7. The fraction of sp³-hybridized carbons (Fsp3) is 0. The first kappa shape index (κ1) is 33.2. The Labute approximate surface area is 320 Å². The monoisotopic (exact) mass is 711 g/mol. The predicted molar refractivity (Wildman–Crippen MR) is 230 cm³/mol. The standard InChI is InChI=1S/C24H18N4.C24H19N3/c25-19-15-14-18(16-20(19)26)28-23-12-6-4-10-21(23)27(17-8-2-1-3-9-17)22-11-5-7-13-24(22)28;25-18-14-16-20(17-15-18)27-23-12-6-4-10-21(23)26(19-8-2-1-3-9-19)22-11-5-7-13-24(22)27/h1-16,25-26H;1-17H,25H2. The number of nitrogens with zero attached hydrogens (tertiary/aromatic N) is 4. The zero-order chi connectivity index (χ0) is 37.3. The third kappa shape index (κ3) is 5.99. The van der Waals surface area contributed by atoms with Crippen LogP contribution in [0.15, 0.2) is 206 Å². The lowest BCUT2D eigenvalue weighted by atomic mass is 10.0. The van der Waals surface area contributed by atoms with E-state index in [0.29, 0.717) is 0 Å². The van der Waals surface area contributed by atoms with Crippen LogP contribution in [0.4, 0.5) is 68.2 Å². The van der Waals surface area contributed by atoms with Crippen LogP contribution in [-0.4, -0.2) is 11.4 Å². The van der Waals surface area contributed by atoms with Crippen molar-refractivity contribution in [2.45, 2.75) is 0 Å². The molecule has 2 heterocycles. The van der Waals surface area contributed by atoms with Crippen LogP contribution in [0, 0.1) is 10.8 Å². The molecule has 0 radical (unpaired) electrons. The molecule has 0 amide bonds. The highest BCUT2D eigenvalue weighted by Gasteiger charge is 2.32. The molecule has 0 spiro atoms. The molecule has 7 aromatic rings. The number of allylic oxidation sites excluding steroid dienone is 3. The van der Waals surface area contributed by atoms with E-state index in [-0.39, 0.29) is 11.4 Å². The number of nitrogens with one attached hydrogen (secondary N) is 2. The maximum absolute atomic E-state index is 8.10. The molecule has 0 fully saturated rings. The molecule has 2 aliphatic heterocycles. The number of fused-ring (bicyclic) bond motifs is 4. The van der Waals surface area contributed by atoms with Gasteiger partial charge in [-0.3, -0.25) is 10.8 Å². The van der Waals surface area contributed by atoms with E-state index in [4.69, 9.17) is 16.6 Å². The van der Waals surface area contributed by atoms with Crippen LogP contribution in [0.3, 0.4) is 0 Å². The zero-order valence-corrected chi connectivity index (χ0v) is 29.9. The molecular formula is C48H37N7. The van der Waals surface area contributed by atoms with Gasteiger partial charge in [-0.05, 0) is 115 Å². The van der Waals surface area contributed by atoms with Crippen molar-refractivity contribution >= 4 is 79.7 Å². The number of hydrogen-bond donors (Lipinski definition) is 3. The number of rotatable bonds is 4. The molecule has 4 N–H and O–H groups in total. The summed E-state index contributed by atoms with van der Waals surface area (Å²) in [6.45, 7) is 0. The van der Waals surface area contributed by atoms with Gasteiger partial charge >= 0.3 is 0 Å². The first-order chi connectivity index (χ1) is 27.1. The van der Waals surface area contributed by atoms with Crippen LogP contribution in [0.2, 0.25) is 0 Å². The molecule has 55 heavy (non-hydrogen) atoms. The van der Waals surface area contributed by atoms with E-state index in [0.717, 1.165) is 73.9 Å². The van der Waals surface area contributed by atoms with E-state index in [2.05, 4.69) is 141 Å². The molecule has 0 bridgehead atoms. The Hall–Kier alpha value is -7.64. The van der Waals surface area contributed by atoms with Crippen molar-refractivity contribution in [3.63, 3.8) is 0 Å². The van der Waals surface area contributed by atoms with Gasteiger partial charge in [-0.15, -0.1) is 0 Å². The highest BCUT2D eigenvalue weighted by molar-refractivity contribution is 6.49. The minimum absolute atomic E-state index is 0.220. The van der Waals surface area contributed by atoms with Crippen LogP contribution in [0.25, 0.3) is 0 Å². The molecule has 264 valence electrons. The molecule has 0 aromatic heterocycles. The number of anilines is 12. The van der Waals surface area contributed by atoms with Crippen molar-refractivity contribution in [3.8, 4) is 0 Å². The van der Waals surface area contributed by atoms with Gasteiger partial charge in [0.15, 0.2) is 0 Å². The summed E-state index contributed by atoms with van der Waals surface area (Å²) in [6.07, 6.45) is 5.35. The van der Waals surface area contributed by atoms with Crippen LogP contribution >= 0.6 is 0 Å². The minimum atomic E-state index is 0.220. The largest absolute Gasteiger partial charge is 0.399 e. The molecule has 10 rings (SSSR count). The lowest BCUT2D eigenvalue weighted by Crippen LogP contribution is -2.28. The Bertz CT molecular complexity index is 2520. The second kappa shape index (κ2) is 14.1. The molecule has 1 aliphatic carbocycles. The molecule has 7 heteroatoms. The van der Waals surface area contributed by atoms with E-state index in [1.807, 2.05) is 66.7 Å². The first-order valence-corrected chi connectivity index (χ1v) is 18.2. The average Bonchev–Trinajstić information content (AvgIpc) is 3.24. The van der Waals surface area contributed by atoms with Gasteiger partial charge in [-0.1, -0.05) is 84.9 Å². The van der Waals surface area contributed by atoms with E-state index >= 15 is 0 Å². The summed E-state index contributed by atoms with van der Waals surface area (Å²) in [4.78, 5) is 9.05. The number of benzene rings is 7. The lowest BCUT2D eigenvalue weighted by Gasteiger charge is -2.41. The van der Waals surface area contributed by atoms with Crippen molar-refractivity contribution in [2.24, 2.45) is 0 Å². The Balaban J connectivity index is 0.000000144. The van der Waals surface area contributed by atoms with Crippen molar-refractivity contribution < 1.29 is 0 Å². The van der Waals surface area contributed by atoms with Gasteiger partial charge < -0.3 is 25.3 Å². The Morgan fingerprint density at radius 3 is 0.964 bits per heavy atom. The number of para-hydroxylation sites is 10. The minimum Gasteiger partial charge on any atom is -0.399 e. The number of nitrogens with two attached hydrogens (primary N) is 1. The Morgan fingerprint density at radius 1 is 0.309 bits per heavy atom. The quantitative estimate of drug-likeness (QED) is 0.125. The van der Waals surface area contributed by atoms with E-state index in [9.17, 15) is 0 Å². The Kier molecular flexibility index (Phi) is 8.49. The maximum Gasteiger partial charge on any atom is 0.0810 e. The van der Waals surface area contributed by atoms with Gasteiger partial charge in [0.25, 0.3) is 0 Å². The fourth-order valence-corrected chi connectivity index (χ4v) is 7.45. The highest BCUT2D eigenvalue weighted by Crippen LogP contribution is 2.54. The Morgan fingerprint density at radius 2 is 0.618 bits per heavy atom. The van der Waals surface area contributed by atoms with Gasteiger partial charge in [0, 0.05) is 28.4 Å². The smallest absolute Gasteiger partial charge is 0.0810 e. The molecule has 0 saturated heterocycles. The summed E-state index contributed by atoms with van der Waals surface area (Å²) in [7, 11) is 0. The van der Waals surface area contributed by atoms with Crippen LogP contribution < -0.4 is 25.3 Å². The SMILES string of the molecule is N=C1C=CC(N2c3ccccc3N(c3ccccc3)c3ccccc32)=CC1=N.Nc1ccc(N2c3ccccc3N(c3ccccc3)c3ccccc32)cc1. The molecule has 0 unspecified atom stereocenters. The summed E-state index contributed by atoms with van der Waals surface area (Å²) in [6, 6.07) is 62.5. The van der Waals surface area contributed by atoms with Crippen LogP contribution in [-0.2, 0) is 0 Å². The predicted octanol–water partition coefficient (Wildman–Crippen LogP) is 12.6. The average molecular weight is 712 g/mol. The van der Waals surface area contributed by atoms with Gasteiger partial charge in [-0.2, -0.15) is 0 Å². The van der Waals surface area contributed by atoms with Crippen molar-refractivity contribution in [1.82, 2.24) is 0 Å². The fourth-order valence-electron chi connectivity index (χ4n) is 7.45. The summed E-state index contributed by atoms with van der Waals surface area (Å²) < 4.78 is 0. The van der Waals surface area contributed by atoms with E-state index in [1.54, 1.807) is 12.2 Å². The molecule has 0 atom stereocenters. The molecule has 0 saturated carbocycles. The zero-order valence-electron chi connectivity index (χ0n) is 29.9. The van der Waals surface area contributed by atoms with Gasteiger partial charge in [0.2, 0.25) is 0 Å². The lowest BCUT2D eigenvalue weighted by molar-refractivity contribution is 1.13. The number of nitrogen functional groups attached to an aromatic ring is 1. The summed E-state index contributed by atoms with van der Waals surface area (Å²) >= 11 is 0. The van der Waals surface area contributed by atoms with Crippen molar-refractivity contribution in [2.75, 3.05) is 25.3 Å². The summed E-state index contributed by atoms with van der Waals surface area (Å²) in [5.74, 6) is 0. The van der Waals surface area contributed by atoms with E-state index in [1.165, 1.54) is 0 Å².